The van der Waals surface area contributed by atoms with Crippen LogP contribution in [0, 0.1) is 0 Å². The first-order valence-electron chi connectivity index (χ1n) is 4.04. The summed E-state index contributed by atoms with van der Waals surface area (Å²) in [7, 11) is 0. The number of halogens is 2. The minimum Gasteiger partial charge on any atom is -0.388 e. The van der Waals surface area contributed by atoms with Gasteiger partial charge in [-0.05, 0) is 6.07 Å². The first-order valence-corrected chi connectivity index (χ1v) is 4.80. The van der Waals surface area contributed by atoms with E-state index in [0.29, 0.717) is 27.4 Å². The third kappa shape index (κ3) is 2.09. The van der Waals surface area contributed by atoms with Gasteiger partial charge >= 0.3 is 0 Å². The van der Waals surface area contributed by atoms with Crippen molar-refractivity contribution in [3.63, 3.8) is 0 Å². The second kappa shape index (κ2) is 4.14. The van der Waals surface area contributed by atoms with E-state index in [1.54, 1.807) is 6.07 Å². The van der Waals surface area contributed by atoms with Crippen molar-refractivity contribution >= 4 is 23.2 Å². The van der Waals surface area contributed by atoms with Gasteiger partial charge in [0.25, 0.3) is 0 Å². The molecule has 0 aliphatic carbocycles. The van der Waals surface area contributed by atoms with Gasteiger partial charge in [0.2, 0.25) is 5.82 Å². The van der Waals surface area contributed by atoms with Crippen LogP contribution in [0.3, 0.4) is 0 Å². The summed E-state index contributed by atoms with van der Waals surface area (Å²) in [5.41, 5.74) is 0.428. The van der Waals surface area contributed by atoms with Crippen molar-refractivity contribution in [1.29, 1.82) is 0 Å². The lowest BCUT2D eigenvalue weighted by molar-refractivity contribution is 0.272. The quantitative estimate of drug-likeness (QED) is 0.843. The van der Waals surface area contributed by atoms with Crippen molar-refractivity contribution in [3.05, 3.63) is 28.1 Å². The van der Waals surface area contributed by atoms with Gasteiger partial charge < -0.3 is 5.11 Å². The molecule has 0 aromatic carbocycles. The van der Waals surface area contributed by atoms with E-state index in [9.17, 15) is 0 Å². The average Bonchev–Trinajstić information content (AvgIpc) is 2.66. The van der Waals surface area contributed by atoms with Crippen molar-refractivity contribution in [3.8, 4) is 11.5 Å². The van der Waals surface area contributed by atoms with Gasteiger partial charge in [0.05, 0.1) is 10.0 Å². The number of pyridine rings is 1. The van der Waals surface area contributed by atoms with Crippen LogP contribution in [0.2, 0.25) is 10.0 Å². The van der Waals surface area contributed by atoms with Crippen LogP contribution in [0.4, 0.5) is 0 Å². The highest BCUT2D eigenvalue weighted by Gasteiger charge is 2.11. The Morgan fingerprint density at radius 3 is 2.80 bits per heavy atom. The van der Waals surface area contributed by atoms with E-state index in [1.807, 2.05) is 0 Å². The molecular weight excluding hydrogens is 239 g/mol. The summed E-state index contributed by atoms with van der Waals surface area (Å²) in [6.07, 6.45) is 1.46. The maximum Gasteiger partial charge on any atom is 0.201 e. The van der Waals surface area contributed by atoms with Gasteiger partial charge in [0, 0.05) is 6.20 Å². The molecule has 0 atom stereocenters. The fourth-order valence-corrected chi connectivity index (χ4v) is 1.52. The molecule has 78 valence electrons. The molecule has 7 heteroatoms. The average molecular weight is 245 g/mol. The van der Waals surface area contributed by atoms with Gasteiger partial charge in [-0.1, -0.05) is 23.2 Å². The molecule has 0 saturated carbocycles. The number of aliphatic hydroxyl groups excluding tert-OH is 1. The molecule has 0 saturated heterocycles. The smallest absolute Gasteiger partial charge is 0.201 e. The molecule has 15 heavy (non-hydrogen) atoms. The van der Waals surface area contributed by atoms with Crippen molar-refractivity contribution in [2.75, 3.05) is 0 Å². The van der Waals surface area contributed by atoms with Gasteiger partial charge in [0.15, 0.2) is 5.82 Å². The molecule has 0 spiro atoms. The third-order valence-electron chi connectivity index (χ3n) is 1.70. The van der Waals surface area contributed by atoms with Crippen LogP contribution in [0.25, 0.3) is 11.5 Å². The highest BCUT2D eigenvalue weighted by molar-refractivity contribution is 6.35. The second-order valence-electron chi connectivity index (χ2n) is 2.75. The van der Waals surface area contributed by atoms with Gasteiger partial charge in [-0.3, -0.25) is 5.10 Å². The summed E-state index contributed by atoms with van der Waals surface area (Å²) in [6, 6.07) is 1.56. The van der Waals surface area contributed by atoms with E-state index in [-0.39, 0.29) is 6.61 Å². The Hall–Kier alpha value is -1.17. The number of aromatic amines is 1. The lowest BCUT2D eigenvalue weighted by atomic mass is 10.3. The van der Waals surface area contributed by atoms with Crippen LogP contribution in [0.5, 0.6) is 0 Å². The predicted molar refractivity (Wildman–Crippen MR) is 55.6 cm³/mol. The summed E-state index contributed by atoms with van der Waals surface area (Å²) in [6.45, 7) is -0.210. The lowest BCUT2D eigenvalue weighted by Gasteiger charge is -1.97. The molecular formula is C8H6Cl2N4O. The summed E-state index contributed by atoms with van der Waals surface area (Å²) < 4.78 is 0. The Labute approximate surface area is 95.1 Å². The number of aromatic nitrogens is 4. The minimum atomic E-state index is -0.210. The molecule has 0 unspecified atom stereocenters. The van der Waals surface area contributed by atoms with Crippen LogP contribution in [-0.4, -0.2) is 25.3 Å². The molecule has 0 bridgehead atoms. The van der Waals surface area contributed by atoms with Crippen LogP contribution in [0.15, 0.2) is 12.3 Å². The van der Waals surface area contributed by atoms with Crippen LogP contribution < -0.4 is 0 Å². The molecule has 2 rings (SSSR count). The summed E-state index contributed by atoms with van der Waals surface area (Å²) in [4.78, 5) is 7.99. The first-order chi connectivity index (χ1) is 7.20. The first kappa shape index (κ1) is 10.4. The molecule has 0 fully saturated rings. The minimum absolute atomic E-state index is 0.210. The van der Waals surface area contributed by atoms with Gasteiger partial charge in [-0.15, -0.1) is 0 Å². The van der Waals surface area contributed by atoms with E-state index in [2.05, 4.69) is 20.2 Å². The van der Waals surface area contributed by atoms with Gasteiger partial charge in [-0.2, -0.15) is 5.10 Å². The summed E-state index contributed by atoms with van der Waals surface area (Å²) >= 11 is 11.6. The largest absolute Gasteiger partial charge is 0.388 e. The molecule has 5 nitrogen and oxygen atoms in total. The van der Waals surface area contributed by atoms with E-state index < -0.39 is 0 Å². The topological polar surface area (TPSA) is 74.7 Å². The fraction of sp³-hybridized carbons (Fsp3) is 0.125. The van der Waals surface area contributed by atoms with E-state index in [0.717, 1.165) is 0 Å². The monoisotopic (exact) mass is 244 g/mol. The number of nitrogens with one attached hydrogen (secondary N) is 1. The highest BCUT2D eigenvalue weighted by Crippen LogP contribution is 2.25. The second-order valence-corrected chi connectivity index (χ2v) is 3.59. The molecule has 2 aromatic heterocycles. The number of nitrogens with zero attached hydrogens (tertiary/aromatic N) is 3. The zero-order valence-electron chi connectivity index (χ0n) is 7.41. The Morgan fingerprint density at radius 1 is 1.40 bits per heavy atom. The van der Waals surface area contributed by atoms with Gasteiger partial charge in [0.1, 0.15) is 12.3 Å². The van der Waals surface area contributed by atoms with Crippen LogP contribution >= 0.6 is 23.2 Å². The Bertz CT molecular complexity index is 485. The fourth-order valence-electron chi connectivity index (χ4n) is 1.05. The molecule has 0 aliphatic heterocycles. The Morgan fingerprint density at radius 2 is 2.20 bits per heavy atom. The summed E-state index contributed by atoms with van der Waals surface area (Å²) in [5, 5.41) is 16.0. The van der Waals surface area contributed by atoms with Crippen LogP contribution in [0.1, 0.15) is 5.82 Å². The molecule has 2 aromatic rings. The lowest BCUT2D eigenvalue weighted by Crippen LogP contribution is -1.88. The molecule has 0 amide bonds. The predicted octanol–water partition coefficient (Wildman–Crippen LogP) is 1.67. The molecule has 0 radical (unpaired) electrons. The van der Waals surface area contributed by atoms with Gasteiger partial charge in [-0.25, -0.2) is 9.97 Å². The SMILES string of the molecule is OCc1nc(-c2ncc(Cl)cc2Cl)n[nH]1. The number of H-pyrrole nitrogens is 1. The molecule has 2 N–H and O–H groups in total. The zero-order chi connectivity index (χ0) is 10.8. The Balaban J connectivity index is 2.44. The Kier molecular flexibility index (Phi) is 2.86. The maximum absolute atomic E-state index is 8.80. The number of rotatable bonds is 2. The van der Waals surface area contributed by atoms with Crippen molar-refractivity contribution < 1.29 is 5.11 Å². The number of hydrogen-bond donors (Lipinski definition) is 2. The highest BCUT2D eigenvalue weighted by atomic mass is 35.5. The molecule has 0 aliphatic rings. The van der Waals surface area contributed by atoms with E-state index in [4.69, 9.17) is 28.3 Å². The van der Waals surface area contributed by atoms with Crippen molar-refractivity contribution in [2.24, 2.45) is 0 Å². The number of hydrogen-bond acceptors (Lipinski definition) is 4. The van der Waals surface area contributed by atoms with E-state index >= 15 is 0 Å². The standard InChI is InChI=1S/C8H6Cl2N4O/c9-4-1-5(10)7(11-2-4)8-12-6(3-15)13-14-8/h1-2,15H,3H2,(H,12,13,14). The third-order valence-corrected chi connectivity index (χ3v) is 2.20. The van der Waals surface area contributed by atoms with Crippen LogP contribution in [-0.2, 0) is 6.61 Å². The van der Waals surface area contributed by atoms with Crippen molar-refractivity contribution in [1.82, 2.24) is 20.2 Å². The van der Waals surface area contributed by atoms with Crippen molar-refractivity contribution in [2.45, 2.75) is 6.61 Å². The number of aliphatic hydroxyl groups is 1. The zero-order valence-corrected chi connectivity index (χ0v) is 8.92. The van der Waals surface area contributed by atoms with E-state index in [1.165, 1.54) is 6.20 Å². The maximum atomic E-state index is 8.80. The molecule has 2 heterocycles. The summed E-state index contributed by atoms with van der Waals surface area (Å²) in [5.74, 6) is 0.693. The normalized spacial score (nSPS) is 10.6.